The van der Waals surface area contributed by atoms with Crippen LogP contribution >= 0.6 is 11.3 Å². The Kier molecular flexibility index (Phi) is 2.60. The summed E-state index contributed by atoms with van der Waals surface area (Å²) in [5.74, 6) is 0.576. The second-order valence-electron chi connectivity index (χ2n) is 3.77. The fourth-order valence-electron chi connectivity index (χ4n) is 1.80. The molecule has 0 saturated carbocycles. The summed E-state index contributed by atoms with van der Waals surface area (Å²) in [6, 6.07) is 7.75. The normalized spacial score (nSPS) is 12.0. The molecule has 0 radical (unpaired) electrons. The topological polar surface area (TPSA) is 51.2 Å². The Hall–Kier alpha value is -2.14. The molecule has 0 bridgehead atoms. The first-order valence-electron chi connectivity index (χ1n) is 5.43. The third-order valence-electron chi connectivity index (χ3n) is 2.61. The number of carbonyl (C=O) groups excluding carboxylic acids is 1. The molecular formula is C13H10N2O2S. The molecule has 1 aliphatic heterocycles. The Balaban J connectivity index is 2.01. The van der Waals surface area contributed by atoms with Gasteiger partial charge >= 0.3 is 0 Å². The van der Waals surface area contributed by atoms with Gasteiger partial charge in [-0.25, -0.2) is 4.98 Å². The number of rotatable bonds is 2. The highest BCUT2D eigenvalue weighted by Gasteiger charge is 2.21. The van der Waals surface area contributed by atoms with Crippen LogP contribution in [0, 0.1) is 0 Å². The lowest BCUT2D eigenvalue weighted by Crippen LogP contribution is -2.06. The fourth-order valence-corrected chi connectivity index (χ4v) is 2.69. The van der Waals surface area contributed by atoms with Crippen LogP contribution in [0.5, 0.6) is 5.75 Å². The van der Waals surface area contributed by atoms with Gasteiger partial charge in [-0.1, -0.05) is 30.0 Å². The predicted octanol–water partition coefficient (Wildman–Crippen LogP) is 2.83. The Morgan fingerprint density at radius 1 is 1.50 bits per heavy atom. The molecule has 4 nitrogen and oxygen atoms in total. The van der Waals surface area contributed by atoms with E-state index in [0.717, 1.165) is 21.9 Å². The zero-order valence-corrected chi connectivity index (χ0v) is 10.3. The van der Waals surface area contributed by atoms with Crippen molar-refractivity contribution in [3.05, 3.63) is 41.8 Å². The molecule has 0 fully saturated rings. The van der Waals surface area contributed by atoms with Gasteiger partial charge in [0.05, 0.1) is 10.6 Å². The van der Waals surface area contributed by atoms with E-state index < -0.39 is 0 Å². The molecule has 3 rings (SSSR count). The fraction of sp³-hybridized carbons (Fsp3) is 0.0769. The number of benzene rings is 1. The van der Waals surface area contributed by atoms with Crippen molar-refractivity contribution in [2.45, 2.75) is 6.61 Å². The molecule has 90 valence electrons. The number of anilines is 1. The van der Waals surface area contributed by atoms with Crippen molar-refractivity contribution in [2.75, 3.05) is 5.32 Å². The minimum atomic E-state index is -0.254. The minimum Gasteiger partial charge on any atom is -0.487 e. The zero-order chi connectivity index (χ0) is 12.5. The molecule has 18 heavy (non-hydrogen) atoms. The standard InChI is InChI=1S/C13H10N2O2S/c1-2-11(16)14-13-15-12-8-5-3-4-6-9(8)17-7-10(12)18-13/h2-6H,1,7H2,(H,14,15,16). The van der Waals surface area contributed by atoms with E-state index in [2.05, 4.69) is 16.9 Å². The molecule has 0 saturated heterocycles. The Morgan fingerprint density at radius 2 is 2.33 bits per heavy atom. The molecule has 2 aromatic rings. The number of thiazole rings is 1. The molecule has 0 atom stereocenters. The molecule has 1 aromatic heterocycles. The summed E-state index contributed by atoms with van der Waals surface area (Å²) in [5, 5.41) is 3.25. The van der Waals surface area contributed by atoms with Gasteiger partial charge in [0.25, 0.3) is 0 Å². The van der Waals surface area contributed by atoms with E-state index in [9.17, 15) is 4.79 Å². The average Bonchev–Trinajstić information content (AvgIpc) is 2.81. The van der Waals surface area contributed by atoms with Crippen molar-refractivity contribution in [2.24, 2.45) is 0 Å². The molecule has 5 heteroatoms. The molecule has 0 spiro atoms. The lowest BCUT2D eigenvalue weighted by atomic mass is 10.1. The number of carbonyl (C=O) groups is 1. The van der Waals surface area contributed by atoms with Gasteiger partial charge < -0.3 is 4.74 Å². The zero-order valence-electron chi connectivity index (χ0n) is 9.47. The molecule has 0 aliphatic carbocycles. The van der Waals surface area contributed by atoms with Crippen molar-refractivity contribution >= 4 is 22.4 Å². The average molecular weight is 258 g/mol. The van der Waals surface area contributed by atoms with E-state index in [-0.39, 0.29) is 5.91 Å². The van der Waals surface area contributed by atoms with Crippen LogP contribution in [0.3, 0.4) is 0 Å². The summed E-state index contributed by atoms with van der Waals surface area (Å²) < 4.78 is 5.63. The number of ether oxygens (including phenoxy) is 1. The smallest absolute Gasteiger partial charge is 0.249 e. The van der Waals surface area contributed by atoms with Crippen molar-refractivity contribution in [1.82, 2.24) is 4.98 Å². The van der Waals surface area contributed by atoms with Crippen LogP contribution in [-0.4, -0.2) is 10.9 Å². The molecule has 1 amide bonds. The SMILES string of the molecule is C=CC(=O)Nc1nc2c(s1)COc1ccccc1-2. The van der Waals surface area contributed by atoms with E-state index >= 15 is 0 Å². The number of para-hydroxylation sites is 1. The third kappa shape index (κ3) is 1.78. The van der Waals surface area contributed by atoms with Crippen molar-refractivity contribution in [1.29, 1.82) is 0 Å². The largest absolute Gasteiger partial charge is 0.487 e. The Labute approximate surface area is 108 Å². The monoisotopic (exact) mass is 258 g/mol. The summed E-state index contributed by atoms with van der Waals surface area (Å²) in [6.45, 7) is 3.91. The quantitative estimate of drug-likeness (QED) is 0.843. The molecule has 1 N–H and O–H groups in total. The molecule has 2 heterocycles. The number of nitrogens with one attached hydrogen (secondary N) is 1. The summed E-state index contributed by atoms with van der Waals surface area (Å²) in [5.41, 5.74) is 1.86. The highest BCUT2D eigenvalue weighted by atomic mass is 32.1. The second kappa shape index (κ2) is 4.27. The van der Waals surface area contributed by atoms with E-state index in [0.29, 0.717) is 11.7 Å². The van der Waals surface area contributed by atoms with Crippen LogP contribution in [0.25, 0.3) is 11.3 Å². The number of amides is 1. The van der Waals surface area contributed by atoms with Gasteiger partial charge in [0, 0.05) is 5.56 Å². The first-order valence-corrected chi connectivity index (χ1v) is 6.25. The summed E-state index contributed by atoms with van der Waals surface area (Å²) in [4.78, 5) is 16.7. The maximum atomic E-state index is 11.2. The molecule has 1 aromatic carbocycles. The number of hydrogen-bond acceptors (Lipinski definition) is 4. The first kappa shape index (κ1) is 11.0. The van der Waals surface area contributed by atoms with Crippen LogP contribution in [0.4, 0.5) is 5.13 Å². The van der Waals surface area contributed by atoms with Gasteiger partial charge in [0.15, 0.2) is 5.13 Å². The lowest BCUT2D eigenvalue weighted by Gasteiger charge is -2.15. The van der Waals surface area contributed by atoms with Crippen LogP contribution < -0.4 is 10.1 Å². The molecule has 1 aliphatic rings. The van der Waals surface area contributed by atoms with Gasteiger partial charge in [0.1, 0.15) is 12.4 Å². The van der Waals surface area contributed by atoms with Gasteiger partial charge in [-0.2, -0.15) is 0 Å². The van der Waals surface area contributed by atoms with Gasteiger partial charge in [-0.15, -0.1) is 0 Å². The van der Waals surface area contributed by atoms with Gasteiger partial charge in [0.2, 0.25) is 5.91 Å². The van der Waals surface area contributed by atoms with Crippen LogP contribution in [0.1, 0.15) is 4.88 Å². The minimum absolute atomic E-state index is 0.254. The second-order valence-corrected chi connectivity index (χ2v) is 4.85. The third-order valence-corrected chi connectivity index (χ3v) is 3.56. The van der Waals surface area contributed by atoms with E-state index in [1.165, 1.54) is 17.4 Å². The van der Waals surface area contributed by atoms with Crippen molar-refractivity contribution < 1.29 is 9.53 Å². The number of fused-ring (bicyclic) bond motifs is 3. The lowest BCUT2D eigenvalue weighted by molar-refractivity contribution is -0.111. The molecular weight excluding hydrogens is 248 g/mol. The maximum absolute atomic E-state index is 11.2. The number of aromatic nitrogens is 1. The highest BCUT2D eigenvalue weighted by molar-refractivity contribution is 7.16. The number of hydrogen-bond donors (Lipinski definition) is 1. The Bertz CT molecular complexity index is 634. The summed E-state index contributed by atoms with van der Waals surface area (Å²) in [7, 11) is 0. The van der Waals surface area contributed by atoms with E-state index in [1.807, 2.05) is 24.3 Å². The van der Waals surface area contributed by atoms with Crippen LogP contribution in [0.15, 0.2) is 36.9 Å². The van der Waals surface area contributed by atoms with Crippen LogP contribution in [-0.2, 0) is 11.4 Å². The summed E-state index contributed by atoms with van der Waals surface area (Å²) >= 11 is 1.43. The van der Waals surface area contributed by atoms with Crippen molar-refractivity contribution in [3.8, 4) is 17.0 Å². The van der Waals surface area contributed by atoms with Crippen molar-refractivity contribution in [3.63, 3.8) is 0 Å². The van der Waals surface area contributed by atoms with Gasteiger partial charge in [-0.3, -0.25) is 10.1 Å². The van der Waals surface area contributed by atoms with Gasteiger partial charge in [-0.05, 0) is 18.2 Å². The van der Waals surface area contributed by atoms with E-state index in [4.69, 9.17) is 4.74 Å². The first-order chi connectivity index (χ1) is 8.78. The molecule has 0 unspecified atom stereocenters. The van der Waals surface area contributed by atoms with Crippen LogP contribution in [0.2, 0.25) is 0 Å². The maximum Gasteiger partial charge on any atom is 0.249 e. The van der Waals surface area contributed by atoms with E-state index in [1.54, 1.807) is 0 Å². The summed E-state index contributed by atoms with van der Waals surface area (Å²) in [6.07, 6.45) is 1.23. The Morgan fingerprint density at radius 3 is 3.17 bits per heavy atom. The highest BCUT2D eigenvalue weighted by Crippen LogP contribution is 2.40. The predicted molar refractivity (Wildman–Crippen MR) is 70.7 cm³/mol. The number of nitrogens with zero attached hydrogens (tertiary/aromatic N) is 1.